The molecule has 0 amide bonds. The second kappa shape index (κ2) is 4.54. The van der Waals surface area contributed by atoms with Gasteiger partial charge >= 0.3 is 0 Å². The van der Waals surface area contributed by atoms with Crippen molar-refractivity contribution in [1.82, 2.24) is 9.55 Å². The number of rotatable bonds is 2. The second-order valence-corrected chi connectivity index (χ2v) is 5.99. The van der Waals surface area contributed by atoms with Gasteiger partial charge in [-0.25, -0.2) is 4.98 Å². The van der Waals surface area contributed by atoms with Crippen molar-refractivity contribution >= 4 is 39.0 Å². The van der Waals surface area contributed by atoms with Gasteiger partial charge in [-0.05, 0) is 43.7 Å². The van der Waals surface area contributed by atoms with Crippen molar-refractivity contribution in [3.8, 4) is 10.7 Å². The number of hydrogen-bond donors (Lipinski definition) is 1. The van der Waals surface area contributed by atoms with Crippen LogP contribution in [0.4, 0.5) is 5.00 Å². The Morgan fingerprint density at radius 3 is 2.79 bits per heavy atom. The maximum Gasteiger partial charge on any atom is 0.151 e. The average Bonchev–Trinajstić information content (AvgIpc) is 2.88. The molecular weight excluding hydrogens is 278 g/mol. The van der Waals surface area contributed by atoms with Gasteiger partial charge in [0, 0.05) is 11.6 Å². The molecule has 2 aromatic heterocycles. The largest absolute Gasteiger partial charge is 0.391 e. The third kappa shape index (κ3) is 2.01. The molecule has 0 saturated carbocycles. The molecule has 0 radical (unpaired) electrons. The van der Waals surface area contributed by atoms with Gasteiger partial charge in [0.2, 0.25) is 0 Å². The summed E-state index contributed by atoms with van der Waals surface area (Å²) in [4.78, 5) is 5.85. The number of halogens is 1. The highest BCUT2D eigenvalue weighted by molar-refractivity contribution is 7.19. The Balaban J connectivity index is 2.31. The Morgan fingerprint density at radius 1 is 1.37 bits per heavy atom. The lowest BCUT2D eigenvalue weighted by Gasteiger charge is -2.05. The van der Waals surface area contributed by atoms with Crippen molar-refractivity contribution in [2.75, 3.05) is 5.73 Å². The first-order valence-electron chi connectivity index (χ1n) is 6.12. The summed E-state index contributed by atoms with van der Waals surface area (Å²) in [6, 6.07) is 7.81. The van der Waals surface area contributed by atoms with Crippen molar-refractivity contribution in [3.05, 3.63) is 34.9 Å². The Morgan fingerprint density at radius 2 is 2.16 bits per heavy atom. The molecule has 0 atom stereocenters. The predicted molar refractivity (Wildman–Crippen MR) is 82.9 cm³/mol. The minimum absolute atomic E-state index is 0.710. The number of nitrogens with zero attached hydrogens (tertiary/aromatic N) is 2. The van der Waals surface area contributed by atoms with Crippen LogP contribution < -0.4 is 5.73 Å². The van der Waals surface area contributed by atoms with E-state index in [1.165, 1.54) is 5.56 Å². The Hall–Kier alpha value is -1.52. The zero-order chi connectivity index (χ0) is 13.6. The van der Waals surface area contributed by atoms with E-state index >= 15 is 0 Å². The van der Waals surface area contributed by atoms with E-state index in [2.05, 4.69) is 18.4 Å². The number of anilines is 1. The van der Waals surface area contributed by atoms with Crippen LogP contribution in [0.3, 0.4) is 0 Å². The summed E-state index contributed by atoms with van der Waals surface area (Å²) in [5, 5.41) is 1.53. The van der Waals surface area contributed by atoms with E-state index in [9.17, 15) is 0 Å². The lowest BCUT2D eigenvalue weighted by molar-refractivity contribution is 0.797. The molecule has 0 fully saturated rings. The molecule has 1 aromatic carbocycles. The molecular formula is C14H14ClN3S. The molecule has 0 bridgehead atoms. The number of nitrogen functional groups attached to an aromatic ring is 1. The van der Waals surface area contributed by atoms with Crippen LogP contribution in [0.2, 0.25) is 5.02 Å². The number of aromatic nitrogens is 2. The maximum atomic E-state index is 6.04. The van der Waals surface area contributed by atoms with Crippen LogP contribution in [-0.4, -0.2) is 9.55 Å². The summed E-state index contributed by atoms with van der Waals surface area (Å²) < 4.78 is 2.20. The molecule has 0 unspecified atom stereocenters. The fourth-order valence-corrected chi connectivity index (χ4v) is 3.43. The summed E-state index contributed by atoms with van der Waals surface area (Å²) in [5.74, 6) is 0.971. The van der Waals surface area contributed by atoms with Gasteiger partial charge in [-0.2, -0.15) is 0 Å². The van der Waals surface area contributed by atoms with Crippen LogP contribution in [0, 0.1) is 6.92 Å². The SMILES string of the molecule is CCn1c(-c2sc(N)cc2C)nc2cc(Cl)ccc21. The first-order chi connectivity index (χ1) is 9.10. The quantitative estimate of drug-likeness (QED) is 0.764. The summed E-state index contributed by atoms with van der Waals surface area (Å²) in [7, 11) is 0. The standard InChI is InChI=1S/C14H14ClN3S/c1-3-18-11-5-4-9(15)7-10(11)17-14(18)13-8(2)6-12(16)19-13/h4-7H,3,16H2,1-2H3. The zero-order valence-corrected chi connectivity index (χ0v) is 12.3. The van der Waals surface area contributed by atoms with Crippen molar-refractivity contribution in [2.45, 2.75) is 20.4 Å². The molecule has 0 aliphatic carbocycles. The highest BCUT2D eigenvalue weighted by Crippen LogP contribution is 2.35. The molecule has 2 heterocycles. The highest BCUT2D eigenvalue weighted by atomic mass is 35.5. The molecule has 19 heavy (non-hydrogen) atoms. The van der Waals surface area contributed by atoms with Crippen LogP contribution in [0.5, 0.6) is 0 Å². The van der Waals surface area contributed by atoms with Crippen molar-refractivity contribution in [1.29, 1.82) is 0 Å². The lowest BCUT2D eigenvalue weighted by atomic mass is 10.3. The molecule has 2 N–H and O–H groups in total. The van der Waals surface area contributed by atoms with E-state index in [1.54, 1.807) is 11.3 Å². The number of aryl methyl sites for hydroxylation is 2. The van der Waals surface area contributed by atoms with E-state index in [0.717, 1.165) is 33.3 Å². The topological polar surface area (TPSA) is 43.8 Å². The molecule has 0 aliphatic heterocycles. The zero-order valence-electron chi connectivity index (χ0n) is 10.8. The minimum Gasteiger partial charge on any atom is -0.391 e. The number of nitrogens with two attached hydrogens (primary N) is 1. The summed E-state index contributed by atoms with van der Waals surface area (Å²) in [5.41, 5.74) is 9.08. The van der Waals surface area contributed by atoms with Gasteiger partial charge in [-0.3, -0.25) is 0 Å². The number of hydrogen-bond acceptors (Lipinski definition) is 3. The van der Waals surface area contributed by atoms with Crippen molar-refractivity contribution in [2.24, 2.45) is 0 Å². The predicted octanol–water partition coefficient (Wildman–Crippen LogP) is 4.33. The van der Waals surface area contributed by atoms with Crippen LogP contribution in [-0.2, 0) is 6.54 Å². The van der Waals surface area contributed by atoms with Gasteiger partial charge in [0.1, 0.15) is 0 Å². The van der Waals surface area contributed by atoms with Gasteiger partial charge in [-0.15, -0.1) is 11.3 Å². The van der Waals surface area contributed by atoms with E-state index in [1.807, 2.05) is 24.3 Å². The number of fused-ring (bicyclic) bond motifs is 1. The maximum absolute atomic E-state index is 6.04. The van der Waals surface area contributed by atoms with Gasteiger partial charge in [-0.1, -0.05) is 11.6 Å². The Bertz CT molecular complexity index is 757. The van der Waals surface area contributed by atoms with Crippen LogP contribution >= 0.6 is 22.9 Å². The number of benzene rings is 1. The second-order valence-electron chi connectivity index (χ2n) is 4.47. The molecule has 3 rings (SSSR count). The molecule has 5 heteroatoms. The fourth-order valence-electron chi connectivity index (χ4n) is 2.33. The van der Waals surface area contributed by atoms with E-state index < -0.39 is 0 Å². The number of thiophene rings is 1. The fraction of sp³-hybridized carbons (Fsp3) is 0.214. The first-order valence-corrected chi connectivity index (χ1v) is 7.31. The van der Waals surface area contributed by atoms with Crippen molar-refractivity contribution < 1.29 is 0 Å². The molecule has 3 nitrogen and oxygen atoms in total. The Kier molecular flexibility index (Phi) is 2.99. The first kappa shape index (κ1) is 12.5. The van der Waals surface area contributed by atoms with Gasteiger partial charge in [0.05, 0.1) is 20.9 Å². The van der Waals surface area contributed by atoms with Gasteiger partial charge in [0.15, 0.2) is 5.82 Å². The average molecular weight is 292 g/mol. The van der Waals surface area contributed by atoms with Gasteiger partial charge < -0.3 is 10.3 Å². The highest BCUT2D eigenvalue weighted by Gasteiger charge is 2.15. The van der Waals surface area contributed by atoms with Crippen LogP contribution in [0.25, 0.3) is 21.7 Å². The van der Waals surface area contributed by atoms with E-state index in [-0.39, 0.29) is 0 Å². The van der Waals surface area contributed by atoms with E-state index in [4.69, 9.17) is 22.3 Å². The number of imidazole rings is 1. The third-order valence-electron chi connectivity index (χ3n) is 3.17. The minimum atomic E-state index is 0.710. The van der Waals surface area contributed by atoms with Gasteiger partial charge in [0.25, 0.3) is 0 Å². The van der Waals surface area contributed by atoms with E-state index in [0.29, 0.717) is 5.02 Å². The molecule has 3 aromatic rings. The van der Waals surface area contributed by atoms with Crippen molar-refractivity contribution in [3.63, 3.8) is 0 Å². The summed E-state index contributed by atoms with van der Waals surface area (Å²) >= 11 is 7.62. The summed E-state index contributed by atoms with van der Waals surface area (Å²) in [6.45, 7) is 5.05. The smallest absolute Gasteiger partial charge is 0.151 e. The summed E-state index contributed by atoms with van der Waals surface area (Å²) in [6.07, 6.45) is 0. The van der Waals surface area contributed by atoms with Crippen LogP contribution in [0.1, 0.15) is 12.5 Å². The normalized spacial score (nSPS) is 11.3. The monoisotopic (exact) mass is 291 g/mol. The Labute approximate surface area is 120 Å². The molecule has 0 aliphatic rings. The molecule has 98 valence electrons. The van der Waals surface area contributed by atoms with Crippen LogP contribution in [0.15, 0.2) is 24.3 Å². The molecule has 0 saturated heterocycles. The molecule has 0 spiro atoms. The third-order valence-corrected chi connectivity index (χ3v) is 4.46. The lowest BCUT2D eigenvalue weighted by Crippen LogP contribution is -1.96.